The standard InChI is InChI=1S/C12H9BrFNO2/c13-7-5-8(14)9(15)6-12(7)17-11-4-2-1-3-10(11)16/h1-6,16H,15H2. The predicted octanol–water partition coefficient (Wildman–Crippen LogP) is 3.67. The number of hydrogen-bond donors (Lipinski definition) is 2. The highest BCUT2D eigenvalue weighted by Crippen LogP contribution is 2.36. The Morgan fingerprint density at radius 3 is 2.59 bits per heavy atom. The number of phenolic OH excluding ortho intramolecular Hbond substituents is 1. The monoisotopic (exact) mass is 297 g/mol. The molecule has 0 atom stereocenters. The molecule has 2 aromatic carbocycles. The maximum absolute atomic E-state index is 13.1. The van der Waals surface area contributed by atoms with Gasteiger partial charge in [0.15, 0.2) is 11.5 Å². The van der Waals surface area contributed by atoms with Gasteiger partial charge in [0, 0.05) is 6.07 Å². The number of nitrogens with two attached hydrogens (primary N) is 1. The Balaban J connectivity index is 2.37. The van der Waals surface area contributed by atoms with Crippen molar-refractivity contribution >= 4 is 21.6 Å². The summed E-state index contributed by atoms with van der Waals surface area (Å²) in [5.41, 5.74) is 5.43. The van der Waals surface area contributed by atoms with Gasteiger partial charge < -0.3 is 15.6 Å². The average Bonchev–Trinajstić information content (AvgIpc) is 2.29. The quantitative estimate of drug-likeness (QED) is 0.832. The third kappa shape index (κ3) is 2.50. The van der Waals surface area contributed by atoms with E-state index in [1.165, 1.54) is 18.2 Å². The summed E-state index contributed by atoms with van der Waals surface area (Å²) >= 11 is 3.16. The lowest BCUT2D eigenvalue weighted by atomic mass is 10.3. The molecule has 0 amide bonds. The summed E-state index contributed by atoms with van der Waals surface area (Å²) in [5, 5.41) is 9.54. The SMILES string of the molecule is Nc1cc(Oc2ccccc2O)c(Br)cc1F. The van der Waals surface area contributed by atoms with Crippen LogP contribution in [0.15, 0.2) is 40.9 Å². The van der Waals surface area contributed by atoms with Gasteiger partial charge in [0.25, 0.3) is 0 Å². The zero-order valence-corrected chi connectivity index (χ0v) is 10.2. The fraction of sp³-hybridized carbons (Fsp3) is 0. The van der Waals surface area contributed by atoms with Crippen LogP contribution < -0.4 is 10.5 Å². The van der Waals surface area contributed by atoms with Gasteiger partial charge in [-0.05, 0) is 34.1 Å². The minimum absolute atomic E-state index is 0.00213. The van der Waals surface area contributed by atoms with E-state index in [-0.39, 0.29) is 17.2 Å². The molecule has 0 fully saturated rings. The summed E-state index contributed by atoms with van der Waals surface area (Å²) in [6.07, 6.45) is 0. The summed E-state index contributed by atoms with van der Waals surface area (Å²) < 4.78 is 19.0. The number of anilines is 1. The Kier molecular flexibility index (Phi) is 3.19. The van der Waals surface area contributed by atoms with Crippen molar-refractivity contribution in [3.63, 3.8) is 0 Å². The normalized spacial score (nSPS) is 10.2. The molecule has 0 bridgehead atoms. The fourth-order valence-electron chi connectivity index (χ4n) is 1.28. The molecule has 0 saturated carbocycles. The summed E-state index contributed by atoms with van der Waals surface area (Å²) in [7, 11) is 0. The first kappa shape index (κ1) is 11.7. The van der Waals surface area contributed by atoms with Crippen LogP contribution >= 0.6 is 15.9 Å². The van der Waals surface area contributed by atoms with Crippen molar-refractivity contribution in [2.75, 3.05) is 5.73 Å². The summed E-state index contributed by atoms with van der Waals surface area (Å²) in [5.74, 6) is 0.0911. The highest BCUT2D eigenvalue weighted by molar-refractivity contribution is 9.10. The van der Waals surface area contributed by atoms with Crippen molar-refractivity contribution in [3.05, 3.63) is 46.7 Å². The number of aromatic hydroxyl groups is 1. The first-order valence-electron chi connectivity index (χ1n) is 4.78. The molecule has 0 saturated heterocycles. The molecule has 0 radical (unpaired) electrons. The van der Waals surface area contributed by atoms with Crippen LogP contribution in [0.3, 0.4) is 0 Å². The van der Waals surface area contributed by atoms with Gasteiger partial charge in [-0.15, -0.1) is 0 Å². The molecule has 0 aliphatic heterocycles. The molecule has 88 valence electrons. The zero-order chi connectivity index (χ0) is 12.4. The molecule has 2 aromatic rings. The van der Waals surface area contributed by atoms with Gasteiger partial charge in [-0.25, -0.2) is 4.39 Å². The smallest absolute Gasteiger partial charge is 0.169 e. The van der Waals surface area contributed by atoms with E-state index in [2.05, 4.69) is 15.9 Å². The molecular formula is C12H9BrFNO2. The van der Waals surface area contributed by atoms with Crippen LogP contribution in [-0.2, 0) is 0 Å². The van der Waals surface area contributed by atoms with Gasteiger partial charge in [0.1, 0.15) is 11.6 Å². The lowest BCUT2D eigenvalue weighted by Crippen LogP contribution is -1.93. The number of halogens is 2. The van der Waals surface area contributed by atoms with Crippen LogP contribution in [0.5, 0.6) is 17.2 Å². The van der Waals surface area contributed by atoms with Gasteiger partial charge in [-0.1, -0.05) is 12.1 Å². The van der Waals surface area contributed by atoms with Gasteiger partial charge >= 0.3 is 0 Å². The van der Waals surface area contributed by atoms with Crippen LogP contribution in [-0.4, -0.2) is 5.11 Å². The van der Waals surface area contributed by atoms with Crippen LogP contribution in [0.1, 0.15) is 0 Å². The van der Waals surface area contributed by atoms with E-state index >= 15 is 0 Å². The van der Waals surface area contributed by atoms with Gasteiger partial charge in [-0.3, -0.25) is 0 Å². The minimum atomic E-state index is -0.526. The third-order valence-corrected chi connectivity index (χ3v) is 2.76. The third-order valence-electron chi connectivity index (χ3n) is 2.14. The molecule has 5 heteroatoms. The lowest BCUT2D eigenvalue weighted by molar-refractivity contribution is 0.409. The number of phenols is 1. The topological polar surface area (TPSA) is 55.5 Å². The van der Waals surface area contributed by atoms with Crippen molar-refractivity contribution in [2.45, 2.75) is 0 Å². The Hall–Kier alpha value is -1.75. The van der Waals surface area contributed by atoms with Gasteiger partial charge in [0.2, 0.25) is 0 Å². The molecule has 0 aliphatic rings. The van der Waals surface area contributed by atoms with Crippen LogP contribution in [0.4, 0.5) is 10.1 Å². The van der Waals surface area contributed by atoms with Crippen molar-refractivity contribution in [2.24, 2.45) is 0 Å². The molecule has 0 spiro atoms. The molecule has 0 heterocycles. The number of hydrogen-bond acceptors (Lipinski definition) is 3. The molecule has 2 rings (SSSR count). The van der Waals surface area contributed by atoms with Gasteiger partial charge in [0.05, 0.1) is 10.2 Å². The van der Waals surface area contributed by atoms with Crippen molar-refractivity contribution in [1.82, 2.24) is 0 Å². The maximum Gasteiger partial charge on any atom is 0.169 e. The average molecular weight is 298 g/mol. The van der Waals surface area contributed by atoms with E-state index in [0.717, 1.165) is 0 Å². The van der Waals surface area contributed by atoms with E-state index in [0.29, 0.717) is 10.2 Å². The van der Waals surface area contributed by atoms with Crippen LogP contribution in [0.25, 0.3) is 0 Å². The second kappa shape index (κ2) is 4.63. The minimum Gasteiger partial charge on any atom is -0.504 e. The Labute approximate surface area is 106 Å². The molecule has 0 aromatic heterocycles. The highest BCUT2D eigenvalue weighted by Gasteiger charge is 2.09. The van der Waals surface area contributed by atoms with Crippen LogP contribution in [0, 0.1) is 5.82 Å². The summed E-state index contributed by atoms with van der Waals surface area (Å²) in [6, 6.07) is 9.06. The zero-order valence-electron chi connectivity index (χ0n) is 8.65. The second-order valence-corrected chi connectivity index (χ2v) is 4.23. The number of rotatable bonds is 2. The first-order chi connectivity index (χ1) is 8.08. The molecule has 3 N–H and O–H groups in total. The van der Waals surface area contributed by atoms with Crippen molar-refractivity contribution in [3.8, 4) is 17.2 Å². The Morgan fingerprint density at radius 2 is 1.88 bits per heavy atom. The second-order valence-electron chi connectivity index (χ2n) is 3.37. The molecule has 17 heavy (non-hydrogen) atoms. The lowest BCUT2D eigenvalue weighted by Gasteiger charge is -2.10. The predicted molar refractivity (Wildman–Crippen MR) is 66.7 cm³/mol. The summed E-state index contributed by atoms with van der Waals surface area (Å²) in [4.78, 5) is 0. The van der Waals surface area contributed by atoms with Crippen molar-refractivity contribution < 1.29 is 14.2 Å². The molecule has 0 aliphatic carbocycles. The van der Waals surface area contributed by atoms with E-state index < -0.39 is 5.82 Å². The Morgan fingerprint density at radius 1 is 1.18 bits per heavy atom. The fourth-order valence-corrected chi connectivity index (χ4v) is 1.68. The van der Waals surface area contributed by atoms with E-state index in [4.69, 9.17) is 10.5 Å². The van der Waals surface area contributed by atoms with E-state index in [1.54, 1.807) is 18.2 Å². The van der Waals surface area contributed by atoms with Crippen molar-refractivity contribution in [1.29, 1.82) is 0 Å². The number of ether oxygens (including phenoxy) is 1. The molecule has 0 unspecified atom stereocenters. The van der Waals surface area contributed by atoms with E-state index in [9.17, 15) is 9.50 Å². The number of para-hydroxylation sites is 2. The first-order valence-corrected chi connectivity index (χ1v) is 5.57. The summed E-state index contributed by atoms with van der Waals surface area (Å²) in [6.45, 7) is 0. The molecule has 3 nitrogen and oxygen atoms in total. The van der Waals surface area contributed by atoms with E-state index in [1.807, 2.05) is 0 Å². The maximum atomic E-state index is 13.1. The van der Waals surface area contributed by atoms with Gasteiger partial charge in [-0.2, -0.15) is 0 Å². The van der Waals surface area contributed by atoms with Crippen LogP contribution in [0.2, 0.25) is 0 Å². The largest absolute Gasteiger partial charge is 0.504 e. The highest BCUT2D eigenvalue weighted by atomic mass is 79.9. The Bertz CT molecular complexity index is 560. The number of benzene rings is 2. The number of nitrogen functional groups attached to an aromatic ring is 1. The molecular weight excluding hydrogens is 289 g/mol.